The molecule has 2 rings (SSSR count). The van der Waals surface area contributed by atoms with Crippen molar-refractivity contribution < 1.29 is 19.8 Å². The Balaban J connectivity index is 1.92. The highest BCUT2D eigenvalue weighted by molar-refractivity contribution is 5.83. The summed E-state index contributed by atoms with van der Waals surface area (Å²) in [4.78, 5) is 24.3. The van der Waals surface area contributed by atoms with E-state index in [-0.39, 0.29) is 11.8 Å². The average Bonchev–Trinajstić information content (AvgIpc) is 2.36. The Kier molecular flexibility index (Phi) is 3.85. The average molecular weight is 263 g/mol. The Bertz CT molecular complexity index is 468. The van der Waals surface area contributed by atoms with Gasteiger partial charge in [0.15, 0.2) is 6.10 Å². The molecule has 5 nitrogen and oxygen atoms in total. The Morgan fingerprint density at radius 3 is 2.37 bits per heavy atom. The molecule has 1 saturated heterocycles. The van der Waals surface area contributed by atoms with Gasteiger partial charge in [0.25, 0.3) is 5.91 Å². The van der Waals surface area contributed by atoms with Crippen molar-refractivity contribution in [2.24, 2.45) is 11.8 Å². The fourth-order valence-corrected chi connectivity index (χ4v) is 2.16. The number of carbonyl (C=O) groups excluding carboxylic acids is 1. The first kappa shape index (κ1) is 13.5. The third kappa shape index (κ3) is 2.76. The number of aliphatic carboxylic acids is 1. The molecule has 0 spiro atoms. The lowest BCUT2D eigenvalue weighted by atomic mass is 9.86. The summed E-state index contributed by atoms with van der Waals surface area (Å²) in [6, 6.07) is 8.73. The maximum absolute atomic E-state index is 12.0. The van der Waals surface area contributed by atoms with Crippen LogP contribution in [0.1, 0.15) is 18.6 Å². The van der Waals surface area contributed by atoms with Gasteiger partial charge in [-0.2, -0.15) is 0 Å². The van der Waals surface area contributed by atoms with Gasteiger partial charge in [0.1, 0.15) is 0 Å². The maximum atomic E-state index is 12.0. The van der Waals surface area contributed by atoms with Crippen LogP contribution >= 0.6 is 0 Å². The van der Waals surface area contributed by atoms with Crippen LogP contribution in [0, 0.1) is 11.8 Å². The van der Waals surface area contributed by atoms with Crippen LogP contribution in [0.15, 0.2) is 30.3 Å². The molecule has 0 saturated carbocycles. The minimum atomic E-state index is -1.16. The molecule has 1 aromatic rings. The largest absolute Gasteiger partial charge is 0.481 e. The monoisotopic (exact) mass is 263 g/mol. The number of aliphatic hydroxyl groups is 1. The standard InChI is InChI=1S/C14H17NO4/c1-9(14(18)19)11-7-15(8-11)13(17)12(16)10-5-3-2-4-6-10/h2-6,9,11-12,16H,7-8H2,1H3,(H,18,19). The van der Waals surface area contributed by atoms with Gasteiger partial charge < -0.3 is 15.1 Å². The molecule has 0 aromatic heterocycles. The van der Waals surface area contributed by atoms with Gasteiger partial charge in [0.05, 0.1) is 5.92 Å². The third-order valence-corrected chi connectivity index (χ3v) is 3.67. The SMILES string of the molecule is CC(C(=O)O)C1CN(C(=O)C(O)c2ccccc2)C1. The van der Waals surface area contributed by atoms with Crippen molar-refractivity contribution in [3.05, 3.63) is 35.9 Å². The lowest BCUT2D eigenvalue weighted by molar-refractivity contribution is -0.155. The summed E-state index contributed by atoms with van der Waals surface area (Å²) in [5, 5.41) is 18.8. The van der Waals surface area contributed by atoms with Gasteiger partial charge in [-0.15, -0.1) is 0 Å². The second-order valence-electron chi connectivity index (χ2n) is 4.94. The Morgan fingerprint density at radius 2 is 1.84 bits per heavy atom. The number of hydrogen-bond donors (Lipinski definition) is 2. The molecule has 2 atom stereocenters. The highest BCUT2D eigenvalue weighted by Gasteiger charge is 2.39. The summed E-state index contributed by atoms with van der Waals surface area (Å²) in [6.07, 6.45) is -1.16. The molecule has 1 heterocycles. The summed E-state index contributed by atoms with van der Waals surface area (Å²) in [6.45, 7) is 2.44. The molecular weight excluding hydrogens is 246 g/mol. The molecule has 1 amide bonds. The molecule has 2 N–H and O–H groups in total. The van der Waals surface area contributed by atoms with Gasteiger partial charge in [-0.3, -0.25) is 9.59 Å². The highest BCUT2D eigenvalue weighted by Crippen LogP contribution is 2.27. The van der Waals surface area contributed by atoms with Gasteiger partial charge in [0, 0.05) is 19.0 Å². The van der Waals surface area contributed by atoms with Crippen molar-refractivity contribution in [3.8, 4) is 0 Å². The molecule has 19 heavy (non-hydrogen) atoms. The van der Waals surface area contributed by atoms with E-state index in [4.69, 9.17) is 5.11 Å². The summed E-state index contributed by atoms with van der Waals surface area (Å²) in [7, 11) is 0. The third-order valence-electron chi connectivity index (χ3n) is 3.67. The van der Waals surface area contributed by atoms with Crippen LogP contribution in [-0.4, -0.2) is 40.1 Å². The zero-order valence-electron chi connectivity index (χ0n) is 10.7. The van der Waals surface area contributed by atoms with Crippen LogP contribution < -0.4 is 0 Å². The Labute approximate surface area is 111 Å². The molecule has 5 heteroatoms. The lowest BCUT2D eigenvalue weighted by Gasteiger charge is -2.42. The summed E-state index contributed by atoms with van der Waals surface area (Å²) >= 11 is 0. The number of carboxylic acid groups (broad SMARTS) is 1. The zero-order valence-corrected chi connectivity index (χ0v) is 10.7. The maximum Gasteiger partial charge on any atom is 0.306 e. The molecule has 1 fully saturated rings. The van der Waals surface area contributed by atoms with Gasteiger partial charge in [-0.05, 0) is 5.56 Å². The fraction of sp³-hybridized carbons (Fsp3) is 0.429. The number of carboxylic acids is 1. The number of hydrogen-bond acceptors (Lipinski definition) is 3. The molecule has 0 radical (unpaired) electrons. The lowest BCUT2D eigenvalue weighted by Crippen LogP contribution is -2.54. The van der Waals surface area contributed by atoms with E-state index in [0.29, 0.717) is 18.7 Å². The molecule has 1 aromatic carbocycles. The number of benzene rings is 1. The fourth-order valence-electron chi connectivity index (χ4n) is 2.16. The quantitative estimate of drug-likeness (QED) is 0.846. The van der Waals surface area contributed by atoms with Crippen molar-refractivity contribution in [1.82, 2.24) is 4.90 Å². The molecule has 2 unspecified atom stereocenters. The number of likely N-dealkylation sites (tertiary alicyclic amines) is 1. The van der Waals surface area contributed by atoms with E-state index >= 15 is 0 Å². The van der Waals surface area contributed by atoms with Crippen LogP contribution in [-0.2, 0) is 9.59 Å². The first-order valence-corrected chi connectivity index (χ1v) is 6.25. The van der Waals surface area contributed by atoms with Crippen LogP contribution in [0.2, 0.25) is 0 Å². The van der Waals surface area contributed by atoms with E-state index in [1.54, 1.807) is 31.2 Å². The van der Waals surface area contributed by atoms with Crippen molar-refractivity contribution >= 4 is 11.9 Å². The second kappa shape index (κ2) is 5.40. The first-order chi connectivity index (χ1) is 9.00. The zero-order chi connectivity index (χ0) is 14.0. The molecule has 1 aliphatic heterocycles. The van der Waals surface area contributed by atoms with E-state index in [9.17, 15) is 14.7 Å². The molecule has 0 aliphatic carbocycles. The normalized spacial score (nSPS) is 18.5. The smallest absolute Gasteiger partial charge is 0.306 e. The van der Waals surface area contributed by atoms with Gasteiger partial charge in [-0.25, -0.2) is 0 Å². The van der Waals surface area contributed by atoms with Crippen LogP contribution in [0.5, 0.6) is 0 Å². The van der Waals surface area contributed by atoms with Crippen LogP contribution in [0.25, 0.3) is 0 Å². The van der Waals surface area contributed by atoms with E-state index in [1.165, 1.54) is 4.90 Å². The predicted octanol–water partition coefficient (Wildman–Crippen LogP) is 0.899. The predicted molar refractivity (Wildman–Crippen MR) is 68.3 cm³/mol. The van der Waals surface area contributed by atoms with Crippen molar-refractivity contribution in [2.75, 3.05) is 13.1 Å². The van der Waals surface area contributed by atoms with E-state index in [2.05, 4.69) is 0 Å². The molecular formula is C14H17NO4. The Hall–Kier alpha value is -1.88. The summed E-state index contributed by atoms with van der Waals surface area (Å²) in [5.74, 6) is -1.69. The van der Waals surface area contributed by atoms with Crippen LogP contribution in [0.4, 0.5) is 0 Å². The number of rotatable bonds is 4. The van der Waals surface area contributed by atoms with Crippen molar-refractivity contribution in [3.63, 3.8) is 0 Å². The summed E-state index contributed by atoms with van der Waals surface area (Å²) in [5.41, 5.74) is 0.558. The van der Waals surface area contributed by atoms with Gasteiger partial charge in [0.2, 0.25) is 0 Å². The minimum Gasteiger partial charge on any atom is -0.481 e. The highest BCUT2D eigenvalue weighted by atomic mass is 16.4. The van der Waals surface area contributed by atoms with Gasteiger partial charge in [-0.1, -0.05) is 37.3 Å². The minimum absolute atomic E-state index is 0.0237. The van der Waals surface area contributed by atoms with E-state index in [0.717, 1.165) is 0 Å². The number of aliphatic hydroxyl groups excluding tert-OH is 1. The van der Waals surface area contributed by atoms with Crippen molar-refractivity contribution in [1.29, 1.82) is 0 Å². The second-order valence-corrected chi connectivity index (χ2v) is 4.94. The van der Waals surface area contributed by atoms with Crippen molar-refractivity contribution in [2.45, 2.75) is 13.0 Å². The Morgan fingerprint density at radius 1 is 1.26 bits per heavy atom. The molecule has 1 aliphatic rings. The number of carbonyl (C=O) groups is 2. The molecule has 102 valence electrons. The number of nitrogens with zero attached hydrogens (tertiary/aromatic N) is 1. The van der Waals surface area contributed by atoms with Gasteiger partial charge >= 0.3 is 5.97 Å². The van der Waals surface area contributed by atoms with Crippen LogP contribution in [0.3, 0.4) is 0 Å². The van der Waals surface area contributed by atoms with E-state index < -0.39 is 18.0 Å². The molecule has 0 bridgehead atoms. The first-order valence-electron chi connectivity index (χ1n) is 6.25. The summed E-state index contributed by atoms with van der Waals surface area (Å²) < 4.78 is 0. The number of amides is 1. The van der Waals surface area contributed by atoms with E-state index in [1.807, 2.05) is 6.07 Å². The topological polar surface area (TPSA) is 77.8 Å².